The Hall–Kier alpha value is -1.18. The van der Waals surface area contributed by atoms with Crippen molar-refractivity contribution in [1.82, 2.24) is 4.31 Å². The second-order valence-corrected chi connectivity index (χ2v) is 7.07. The largest absolute Gasteiger partial charge is 0.399 e. The number of benzene rings is 1. The average molecular weight is 300 g/mol. The first-order chi connectivity index (χ1) is 9.50. The van der Waals surface area contributed by atoms with Gasteiger partial charge in [0.15, 0.2) is 0 Å². The maximum atomic E-state index is 13.9. The van der Waals surface area contributed by atoms with Gasteiger partial charge in [0.1, 0.15) is 10.7 Å². The molecular formula is C13H17FN2O3S. The van der Waals surface area contributed by atoms with E-state index in [1.807, 2.05) is 0 Å². The van der Waals surface area contributed by atoms with Crippen molar-refractivity contribution in [3.8, 4) is 0 Å². The molecule has 3 rings (SSSR count). The summed E-state index contributed by atoms with van der Waals surface area (Å²) >= 11 is 0. The van der Waals surface area contributed by atoms with Crippen LogP contribution in [0.3, 0.4) is 0 Å². The molecule has 0 spiro atoms. The van der Waals surface area contributed by atoms with Crippen molar-refractivity contribution < 1.29 is 17.5 Å². The predicted molar refractivity (Wildman–Crippen MR) is 72.1 cm³/mol. The van der Waals surface area contributed by atoms with Crippen LogP contribution in [0.15, 0.2) is 23.1 Å². The van der Waals surface area contributed by atoms with Gasteiger partial charge in [-0.05, 0) is 37.5 Å². The summed E-state index contributed by atoms with van der Waals surface area (Å²) in [5.74, 6) is -0.800. The first-order valence-corrected chi connectivity index (χ1v) is 8.12. The molecule has 0 amide bonds. The summed E-state index contributed by atoms with van der Waals surface area (Å²) < 4.78 is 46.2. The SMILES string of the molecule is Nc1ccc(S(=O)(=O)N2CCOC3CCCC32)c(F)c1. The lowest BCUT2D eigenvalue weighted by molar-refractivity contribution is -0.0242. The van der Waals surface area contributed by atoms with Gasteiger partial charge in [-0.3, -0.25) is 0 Å². The highest BCUT2D eigenvalue weighted by Gasteiger charge is 2.42. The molecule has 0 radical (unpaired) electrons. The molecule has 1 aromatic rings. The van der Waals surface area contributed by atoms with E-state index < -0.39 is 15.8 Å². The lowest BCUT2D eigenvalue weighted by Gasteiger charge is -2.36. The summed E-state index contributed by atoms with van der Waals surface area (Å²) in [7, 11) is -3.84. The lowest BCUT2D eigenvalue weighted by Crippen LogP contribution is -2.51. The summed E-state index contributed by atoms with van der Waals surface area (Å²) in [5, 5.41) is 0. The Morgan fingerprint density at radius 1 is 1.35 bits per heavy atom. The van der Waals surface area contributed by atoms with E-state index in [0.29, 0.717) is 6.61 Å². The molecule has 1 aliphatic carbocycles. The highest BCUT2D eigenvalue weighted by Crippen LogP contribution is 2.34. The molecule has 110 valence electrons. The van der Waals surface area contributed by atoms with Crippen LogP contribution in [-0.2, 0) is 14.8 Å². The molecule has 1 saturated heterocycles. The molecule has 2 atom stereocenters. The van der Waals surface area contributed by atoms with E-state index >= 15 is 0 Å². The summed E-state index contributed by atoms with van der Waals surface area (Å²) in [6.07, 6.45) is 2.50. The third kappa shape index (κ3) is 2.19. The first-order valence-electron chi connectivity index (χ1n) is 6.68. The fourth-order valence-electron chi connectivity index (χ4n) is 3.04. The van der Waals surface area contributed by atoms with Gasteiger partial charge in [-0.1, -0.05) is 0 Å². The number of fused-ring (bicyclic) bond motifs is 1. The van der Waals surface area contributed by atoms with Crippen LogP contribution in [0.25, 0.3) is 0 Å². The zero-order chi connectivity index (χ0) is 14.3. The Labute approximate surface area is 117 Å². The van der Waals surface area contributed by atoms with Crippen molar-refractivity contribution in [3.05, 3.63) is 24.0 Å². The van der Waals surface area contributed by atoms with E-state index in [9.17, 15) is 12.8 Å². The van der Waals surface area contributed by atoms with Crippen LogP contribution in [0.2, 0.25) is 0 Å². The van der Waals surface area contributed by atoms with Crippen LogP contribution in [0.1, 0.15) is 19.3 Å². The van der Waals surface area contributed by atoms with Gasteiger partial charge in [0.25, 0.3) is 0 Å². The third-order valence-corrected chi connectivity index (χ3v) is 5.93. The Balaban J connectivity index is 1.98. The monoisotopic (exact) mass is 300 g/mol. The number of nitrogens with two attached hydrogens (primary N) is 1. The standard InChI is InChI=1S/C13H17FN2O3S/c14-10-8-9(15)4-5-13(10)20(17,18)16-6-7-19-12-3-1-2-11(12)16/h4-5,8,11-12H,1-3,6-7,15H2. The van der Waals surface area contributed by atoms with Crippen LogP contribution in [-0.4, -0.2) is 38.0 Å². The minimum Gasteiger partial charge on any atom is -0.399 e. The normalized spacial score (nSPS) is 27.4. The van der Waals surface area contributed by atoms with Crippen LogP contribution in [0.4, 0.5) is 10.1 Å². The van der Waals surface area contributed by atoms with Gasteiger partial charge in [0.2, 0.25) is 10.0 Å². The van der Waals surface area contributed by atoms with Crippen LogP contribution < -0.4 is 5.73 Å². The highest BCUT2D eigenvalue weighted by molar-refractivity contribution is 7.89. The second kappa shape index (κ2) is 4.98. The zero-order valence-corrected chi connectivity index (χ0v) is 11.8. The maximum absolute atomic E-state index is 13.9. The van der Waals surface area contributed by atoms with E-state index in [1.165, 1.54) is 16.4 Å². The molecule has 5 nitrogen and oxygen atoms in total. The van der Waals surface area contributed by atoms with Crippen molar-refractivity contribution >= 4 is 15.7 Å². The molecule has 2 fully saturated rings. The number of hydrogen-bond acceptors (Lipinski definition) is 4. The molecule has 1 aliphatic heterocycles. The molecule has 1 heterocycles. The lowest BCUT2D eigenvalue weighted by atomic mass is 10.2. The van der Waals surface area contributed by atoms with E-state index in [1.54, 1.807) is 0 Å². The van der Waals surface area contributed by atoms with Crippen LogP contribution >= 0.6 is 0 Å². The average Bonchev–Trinajstić information content (AvgIpc) is 2.85. The number of rotatable bonds is 2. The topological polar surface area (TPSA) is 72.6 Å². The molecule has 2 aliphatic rings. The number of ether oxygens (including phenoxy) is 1. The summed E-state index contributed by atoms with van der Waals surface area (Å²) in [4.78, 5) is -0.306. The van der Waals surface area contributed by atoms with Gasteiger partial charge in [0, 0.05) is 12.2 Å². The molecule has 0 bridgehead atoms. The number of sulfonamides is 1. The first kappa shape index (κ1) is 13.8. The van der Waals surface area contributed by atoms with Crippen LogP contribution in [0.5, 0.6) is 0 Å². The molecule has 2 unspecified atom stereocenters. The smallest absolute Gasteiger partial charge is 0.246 e. The molecule has 1 aromatic carbocycles. The number of morpholine rings is 1. The van der Waals surface area contributed by atoms with Gasteiger partial charge >= 0.3 is 0 Å². The van der Waals surface area contributed by atoms with E-state index in [0.717, 1.165) is 25.3 Å². The Morgan fingerprint density at radius 2 is 2.15 bits per heavy atom. The number of anilines is 1. The number of hydrogen-bond donors (Lipinski definition) is 1. The number of nitrogens with zero attached hydrogens (tertiary/aromatic N) is 1. The summed E-state index contributed by atoms with van der Waals surface area (Å²) in [6, 6.07) is 3.51. The third-order valence-electron chi connectivity index (χ3n) is 3.97. The van der Waals surface area contributed by atoms with Gasteiger partial charge in [0.05, 0.1) is 18.8 Å². The summed E-state index contributed by atoms with van der Waals surface area (Å²) in [5.41, 5.74) is 5.68. The van der Waals surface area contributed by atoms with Crippen molar-refractivity contribution in [3.63, 3.8) is 0 Å². The van der Waals surface area contributed by atoms with Crippen molar-refractivity contribution in [1.29, 1.82) is 0 Å². The van der Waals surface area contributed by atoms with Crippen LogP contribution in [0, 0.1) is 5.82 Å². The van der Waals surface area contributed by atoms with Crippen molar-refractivity contribution in [2.75, 3.05) is 18.9 Å². The van der Waals surface area contributed by atoms with E-state index in [2.05, 4.69) is 0 Å². The Morgan fingerprint density at radius 3 is 2.90 bits per heavy atom. The molecule has 20 heavy (non-hydrogen) atoms. The van der Waals surface area contributed by atoms with Gasteiger partial charge in [-0.2, -0.15) is 4.31 Å². The van der Waals surface area contributed by atoms with Gasteiger partial charge in [-0.15, -0.1) is 0 Å². The Bertz CT molecular complexity index is 620. The fourth-order valence-corrected chi connectivity index (χ4v) is 4.75. The van der Waals surface area contributed by atoms with Crippen molar-refractivity contribution in [2.45, 2.75) is 36.3 Å². The Kier molecular flexibility index (Phi) is 3.43. The molecule has 7 heteroatoms. The van der Waals surface area contributed by atoms with Gasteiger partial charge in [-0.25, -0.2) is 12.8 Å². The quantitative estimate of drug-likeness (QED) is 0.837. The maximum Gasteiger partial charge on any atom is 0.246 e. The molecule has 1 saturated carbocycles. The number of halogens is 1. The zero-order valence-electron chi connectivity index (χ0n) is 11.0. The highest BCUT2D eigenvalue weighted by atomic mass is 32.2. The summed E-state index contributed by atoms with van der Waals surface area (Å²) in [6.45, 7) is 0.629. The van der Waals surface area contributed by atoms with E-state index in [-0.39, 0.29) is 29.3 Å². The minimum absolute atomic E-state index is 0.0598. The second-order valence-electron chi connectivity index (χ2n) is 5.21. The predicted octanol–water partition coefficient (Wildman–Crippen LogP) is 1.35. The number of nitrogen functional groups attached to an aromatic ring is 1. The molecular weight excluding hydrogens is 283 g/mol. The van der Waals surface area contributed by atoms with E-state index in [4.69, 9.17) is 10.5 Å². The van der Waals surface area contributed by atoms with Crippen molar-refractivity contribution in [2.24, 2.45) is 0 Å². The minimum atomic E-state index is -3.84. The van der Waals surface area contributed by atoms with Gasteiger partial charge < -0.3 is 10.5 Å². The fraction of sp³-hybridized carbons (Fsp3) is 0.538. The molecule has 2 N–H and O–H groups in total. The molecule has 0 aromatic heterocycles.